The minimum absolute atomic E-state index is 0.0956. The minimum atomic E-state index is -4.92. The molecule has 0 saturated heterocycles. The summed E-state index contributed by atoms with van der Waals surface area (Å²) in [7, 11) is 0. The number of nitrogen functional groups attached to an aromatic ring is 1. The monoisotopic (exact) mass is 226 g/mol. The third-order valence-electron chi connectivity index (χ3n) is 1.84. The molecule has 0 atom stereocenters. The van der Waals surface area contributed by atoms with Crippen molar-refractivity contribution >= 4 is 5.69 Å². The number of anilines is 1. The summed E-state index contributed by atoms with van der Waals surface area (Å²) in [5, 5.41) is 0. The maximum absolute atomic E-state index is 12.4. The fourth-order valence-electron chi connectivity index (χ4n) is 1.09. The molecule has 0 aromatic carbocycles. The van der Waals surface area contributed by atoms with Crippen molar-refractivity contribution in [1.29, 1.82) is 0 Å². The number of nitrogens with zero attached hydrogens (tertiary/aromatic N) is 1. The summed E-state index contributed by atoms with van der Waals surface area (Å²) in [5.74, 6) is 0. The van der Waals surface area contributed by atoms with Crippen molar-refractivity contribution < 1.29 is 22.0 Å². The number of hydrogen-bond donors (Lipinski definition) is 1. The number of aromatic nitrogens is 1. The van der Waals surface area contributed by atoms with Crippen molar-refractivity contribution in [3.8, 4) is 0 Å². The van der Waals surface area contributed by atoms with Gasteiger partial charge in [-0.1, -0.05) is 0 Å². The van der Waals surface area contributed by atoms with E-state index in [1.807, 2.05) is 0 Å². The Hall–Kier alpha value is -1.40. The smallest absolute Gasteiger partial charge is 0.398 e. The number of pyridine rings is 1. The summed E-state index contributed by atoms with van der Waals surface area (Å²) < 4.78 is 61.6. The van der Waals surface area contributed by atoms with Crippen molar-refractivity contribution in [2.24, 2.45) is 0 Å². The molecule has 0 spiro atoms. The molecular formula is C8H7F5N2. The highest BCUT2D eigenvalue weighted by molar-refractivity contribution is 5.55. The average molecular weight is 226 g/mol. The normalized spacial score (nSPS) is 12.2. The molecular weight excluding hydrogens is 219 g/mol. The highest BCUT2D eigenvalue weighted by Crippen LogP contribution is 2.38. The summed E-state index contributed by atoms with van der Waals surface area (Å²) in [6, 6.07) is 0. The van der Waals surface area contributed by atoms with Gasteiger partial charge in [0.1, 0.15) is 0 Å². The van der Waals surface area contributed by atoms with Crippen molar-refractivity contribution in [3.63, 3.8) is 0 Å². The van der Waals surface area contributed by atoms with Gasteiger partial charge in [-0.05, 0) is 12.5 Å². The zero-order valence-corrected chi connectivity index (χ0v) is 7.57. The van der Waals surface area contributed by atoms with Crippen LogP contribution in [-0.4, -0.2) is 4.98 Å². The highest BCUT2D eigenvalue weighted by atomic mass is 19.4. The maximum atomic E-state index is 12.4. The van der Waals surface area contributed by atoms with Crippen molar-refractivity contribution in [2.45, 2.75) is 19.5 Å². The molecule has 0 amide bonds. The third kappa shape index (κ3) is 2.16. The number of hydrogen-bond acceptors (Lipinski definition) is 2. The molecule has 1 aromatic heterocycles. The van der Waals surface area contributed by atoms with E-state index in [0.29, 0.717) is 0 Å². The van der Waals surface area contributed by atoms with E-state index in [9.17, 15) is 22.0 Å². The summed E-state index contributed by atoms with van der Waals surface area (Å²) in [6.45, 7) is 1.31. The fraction of sp³-hybridized carbons (Fsp3) is 0.375. The lowest BCUT2D eigenvalue weighted by molar-refractivity contribution is -0.143. The molecule has 0 aliphatic carbocycles. The van der Waals surface area contributed by atoms with Crippen LogP contribution < -0.4 is 5.73 Å². The van der Waals surface area contributed by atoms with E-state index in [4.69, 9.17) is 5.73 Å². The van der Waals surface area contributed by atoms with Crippen molar-refractivity contribution in [2.75, 3.05) is 5.73 Å². The molecule has 0 unspecified atom stereocenters. The van der Waals surface area contributed by atoms with Gasteiger partial charge in [-0.25, -0.2) is 8.78 Å². The molecule has 0 aliphatic heterocycles. The van der Waals surface area contributed by atoms with E-state index in [-0.39, 0.29) is 5.56 Å². The Labute approximate surface area is 81.9 Å². The van der Waals surface area contributed by atoms with E-state index in [1.165, 1.54) is 6.92 Å². The molecule has 1 rings (SSSR count). The lowest BCUT2D eigenvalue weighted by Gasteiger charge is -2.14. The molecule has 2 N–H and O–H groups in total. The highest BCUT2D eigenvalue weighted by Gasteiger charge is 2.39. The summed E-state index contributed by atoms with van der Waals surface area (Å²) in [5.41, 5.74) is 1.82. The van der Waals surface area contributed by atoms with Gasteiger partial charge in [0.2, 0.25) is 0 Å². The molecule has 0 saturated carbocycles. The van der Waals surface area contributed by atoms with Crippen molar-refractivity contribution in [3.05, 3.63) is 23.0 Å². The van der Waals surface area contributed by atoms with Gasteiger partial charge in [0.15, 0.2) is 5.69 Å². The number of nitrogens with two attached hydrogens (primary N) is 1. The van der Waals surface area contributed by atoms with Gasteiger partial charge in [-0.15, -0.1) is 0 Å². The first-order chi connectivity index (χ1) is 6.75. The molecule has 0 fully saturated rings. The first kappa shape index (κ1) is 11.7. The SMILES string of the molecule is Cc1cnc(C(F)(F)F)c(C(F)F)c1N. The average Bonchev–Trinajstić information content (AvgIpc) is 2.06. The van der Waals surface area contributed by atoms with E-state index in [2.05, 4.69) is 4.98 Å². The Bertz CT molecular complexity index is 372. The Morgan fingerprint density at radius 1 is 1.33 bits per heavy atom. The Kier molecular flexibility index (Phi) is 2.83. The third-order valence-corrected chi connectivity index (χ3v) is 1.84. The van der Waals surface area contributed by atoms with Crippen LogP contribution in [0.4, 0.5) is 27.6 Å². The minimum Gasteiger partial charge on any atom is -0.398 e. The van der Waals surface area contributed by atoms with E-state index in [0.717, 1.165) is 6.20 Å². The lowest BCUT2D eigenvalue weighted by atomic mass is 10.1. The first-order valence-electron chi connectivity index (χ1n) is 3.85. The van der Waals surface area contributed by atoms with E-state index >= 15 is 0 Å². The largest absolute Gasteiger partial charge is 0.433 e. The molecule has 1 aromatic rings. The van der Waals surface area contributed by atoms with Gasteiger partial charge in [0.05, 0.1) is 5.56 Å². The second-order valence-electron chi connectivity index (χ2n) is 2.92. The lowest BCUT2D eigenvalue weighted by Crippen LogP contribution is -2.15. The predicted molar refractivity (Wildman–Crippen MR) is 43.3 cm³/mol. The molecule has 15 heavy (non-hydrogen) atoms. The van der Waals surface area contributed by atoms with Crippen LogP contribution in [0.5, 0.6) is 0 Å². The predicted octanol–water partition coefficient (Wildman–Crippen LogP) is 2.93. The van der Waals surface area contributed by atoms with Gasteiger partial charge in [-0.2, -0.15) is 13.2 Å². The van der Waals surface area contributed by atoms with Gasteiger partial charge in [0, 0.05) is 11.9 Å². The summed E-state index contributed by atoms with van der Waals surface area (Å²) in [6.07, 6.45) is -7.40. The van der Waals surface area contributed by atoms with E-state index < -0.39 is 29.5 Å². The summed E-state index contributed by atoms with van der Waals surface area (Å²) in [4.78, 5) is 2.95. The van der Waals surface area contributed by atoms with Crippen LogP contribution in [0.2, 0.25) is 0 Å². The molecule has 0 bridgehead atoms. The summed E-state index contributed by atoms with van der Waals surface area (Å²) >= 11 is 0. The number of rotatable bonds is 1. The van der Waals surface area contributed by atoms with Crippen LogP contribution in [0.15, 0.2) is 6.20 Å². The second kappa shape index (κ2) is 3.63. The van der Waals surface area contributed by atoms with Crippen LogP contribution in [0.1, 0.15) is 23.2 Å². The zero-order chi connectivity index (χ0) is 11.8. The molecule has 0 aliphatic rings. The van der Waals surface area contributed by atoms with Crippen molar-refractivity contribution in [1.82, 2.24) is 4.98 Å². The van der Waals surface area contributed by atoms with Crippen LogP contribution in [0.3, 0.4) is 0 Å². The Morgan fingerprint density at radius 3 is 2.27 bits per heavy atom. The zero-order valence-electron chi connectivity index (χ0n) is 7.57. The fourth-order valence-corrected chi connectivity index (χ4v) is 1.09. The number of halogens is 5. The molecule has 0 radical (unpaired) electrons. The topological polar surface area (TPSA) is 38.9 Å². The quantitative estimate of drug-likeness (QED) is 0.747. The molecule has 84 valence electrons. The standard InChI is InChI=1S/C8H7F5N2/c1-3-2-15-6(8(11,12)13)4(5(3)14)7(9)10/h2,7H,1H3,(H2,14,15). The second-order valence-corrected chi connectivity index (χ2v) is 2.92. The van der Waals surface area contributed by atoms with Gasteiger partial charge in [0.25, 0.3) is 6.43 Å². The van der Waals surface area contributed by atoms with Crippen LogP contribution >= 0.6 is 0 Å². The van der Waals surface area contributed by atoms with Crippen LogP contribution in [0, 0.1) is 6.92 Å². The number of aryl methyl sites for hydroxylation is 1. The molecule has 7 heteroatoms. The van der Waals surface area contributed by atoms with Gasteiger partial charge >= 0.3 is 6.18 Å². The van der Waals surface area contributed by atoms with Crippen LogP contribution in [0.25, 0.3) is 0 Å². The molecule has 2 nitrogen and oxygen atoms in total. The van der Waals surface area contributed by atoms with E-state index in [1.54, 1.807) is 0 Å². The number of alkyl halides is 5. The van der Waals surface area contributed by atoms with Crippen LogP contribution in [-0.2, 0) is 6.18 Å². The first-order valence-corrected chi connectivity index (χ1v) is 3.85. The van der Waals surface area contributed by atoms with Gasteiger partial charge in [-0.3, -0.25) is 4.98 Å². The molecule has 1 heterocycles. The maximum Gasteiger partial charge on any atom is 0.433 e. The Balaban J connectivity index is 3.47. The van der Waals surface area contributed by atoms with Gasteiger partial charge < -0.3 is 5.73 Å². The Morgan fingerprint density at radius 2 is 1.87 bits per heavy atom.